The van der Waals surface area contributed by atoms with Crippen LogP contribution in [0, 0.1) is 0 Å². The van der Waals surface area contributed by atoms with Crippen molar-refractivity contribution >= 4 is 23.4 Å². The van der Waals surface area contributed by atoms with Crippen LogP contribution in [0.5, 0.6) is 5.75 Å². The molecule has 27 heavy (non-hydrogen) atoms. The van der Waals surface area contributed by atoms with Crippen LogP contribution in [0.15, 0.2) is 48.5 Å². The molecule has 2 aromatic rings. The van der Waals surface area contributed by atoms with Crippen molar-refractivity contribution in [1.29, 1.82) is 0 Å². The number of benzene rings is 2. The highest BCUT2D eigenvalue weighted by atomic mass is 16.3. The zero-order valence-corrected chi connectivity index (χ0v) is 14.7. The number of amides is 3. The topological polar surface area (TPSA) is 81.2 Å². The molecular weight excluding hydrogens is 346 g/mol. The maximum absolute atomic E-state index is 12.6. The largest absolute Gasteiger partial charge is 0.508 e. The van der Waals surface area contributed by atoms with Crippen LogP contribution < -0.4 is 4.90 Å². The summed E-state index contributed by atoms with van der Waals surface area (Å²) in [7, 11) is 0. The Kier molecular flexibility index (Phi) is 4.27. The lowest BCUT2D eigenvalue weighted by Crippen LogP contribution is -2.51. The number of carbonyl (C=O) groups excluding carboxylic acids is 3. The Morgan fingerprint density at radius 3 is 1.96 bits per heavy atom. The number of aromatic hydroxyl groups is 1. The lowest BCUT2D eigenvalue weighted by molar-refractivity contribution is -0.131. The van der Waals surface area contributed by atoms with Crippen molar-refractivity contribution in [3.05, 3.63) is 59.7 Å². The van der Waals surface area contributed by atoms with E-state index in [1.54, 1.807) is 41.3 Å². The number of carbonyl (C=O) groups is 3. The highest BCUT2D eigenvalue weighted by Gasteiger charge is 2.37. The number of hydrogen-bond acceptors (Lipinski definition) is 5. The Bertz CT molecular complexity index is 867. The second-order valence-corrected chi connectivity index (χ2v) is 6.63. The molecule has 2 aliphatic heterocycles. The molecule has 1 N–H and O–H groups in total. The highest BCUT2D eigenvalue weighted by Crippen LogP contribution is 2.23. The van der Waals surface area contributed by atoms with Crippen molar-refractivity contribution in [2.24, 2.45) is 0 Å². The predicted octanol–water partition coefficient (Wildman–Crippen LogP) is 1.34. The molecule has 0 aromatic heterocycles. The summed E-state index contributed by atoms with van der Waals surface area (Å²) in [5.74, 6) is -0.832. The van der Waals surface area contributed by atoms with Crippen LogP contribution in [-0.2, 0) is 4.79 Å². The summed E-state index contributed by atoms with van der Waals surface area (Å²) in [6.07, 6.45) is 0. The average Bonchev–Trinajstić information content (AvgIpc) is 2.94. The molecule has 7 nitrogen and oxygen atoms in total. The van der Waals surface area contributed by atoms with Crippen LogP contribution in [0.4, 0.5) is 5.69 Å². The van der Waals surface area contributed by atoms with E-state index in [1.807, 2.05) is 12.1 Å². The molecule has 3 amide bonds. The van der Waals surface area contributed by atoms with Crippen molar-refractivity contribution in [2.45, 2.75) is 0 Å². The zero-order chi connectivity index (χ0) is 19.0. The fourth-order valence-electron chi connectivity index (χ4n) is 3.50. The molecule has 2 aromatic carbocycles. The molecule has 1 saturated heterocycles. The van der Waals surface area contributed by atoms with Crippen molar-refractivity contribution in [1.82, 2.24) is 9.80 Å². The van der Waals surface area contributed by atoms with E-state index in [0.29, 0.717) is 37.3 Å². The summed E-state index contributed by atoms with van der Waals surface area (Å²) in [6.45, 7) is 2.11. The first kappa shape index (κ1) is 17.1. The Balaban J connectivity index is 1.37. The minimum Gasteiger partial charge on any atom is -0.508 e. The van der Waals surface area contributed by atoms with E-state index in [2.05, 4.69) is 4.90 Å². The quantitative estimate of drug-likeness (QED) is 0.830. The first-order valence-corrected chi connectivity index (χ1v) is 8.81. The second-order valence-electron chi connectivity index (χ2n) is 6.63. The summed E-state index contributed by atoms with van der Waals surface area (Å²) in [6, 6.07) is 13.6. The average molecular weight is 365 g/mol. The number of hydrogen-bond donors (Lipinski definition) is 1. The molecule has 0 unspecified atom stereocenters. The van der Waals surface area contributed by atoms with Gasteiger partial charge in [0.1, 0.15) is 12.3 Å². The summed E-state index contributed by atoms with van der Waals surface area (Å²) >= 11 is 0. The van der Waals surface area contributed by atoms with Gasteiger partial charge < -0.3 is 14.9 Å². The molecule has 7 heteroatoms. The third-order valence-electron chi connectivity index (χ3n) is 5.02. The standard InChI is InChI=1S/C20H19N3O4/c24-15-7-5-14(6-8-15)21-9-11-22(12-10-21)18(25)13-23-19(26)16-3-1-2-4-17(16)20(23)27/h1-8,24H,9-13H2. The zero-order valence-electron chi connectivity index (χ0n) is 14.7. The molecule has 0 radical (unpaired) electrons. The number of phenolic OH excluding ortho intramolecular Hbond substituents is 1. The van der Waals surface area contributed by atoms with Crippen LogP contribution >= 0.6 is 0 Å². The van der Waals surface area contributed by atoms with Crippen molar-refractivity contribution in [2.75, 3.05) is 37.6 Å². The SMILES string of the molecule is O=C(CN1C(=O)c2ccccc2C1=O)N1CCN(c2ccc(O)cc2)CC1. The predicted molar refractivity (Wildman–Crippen MR) is 98.7 cm³/mol. The minimum absolute atomic E-state index is 0.216. The maximum Gasteiger partial charge on any atom is 0.262 e. The summed E-state index contributed by atoms with van der Waals surface area (Å²) in [4.78, 5) is 42.2. The van der Waals surface area contributed by atoms with Crippen LogP contribution in [0.1, 0.15) is 20.7 Å². The van der Waals surface area contributed by atoms with Gasteiger partial charge in [-0.25, -0.2) is 0 Å². The van der Waals surface area contributed by atoms with E-state index in [-0.39, 0.29) is 18.2 Å². The van der Waals surface area contributed by atoms with Crippen molar-refractivity contribution < 1.29 is 19.5 Å². The Labute approximate surface area is 156 Å². The third kappa shape index (κ3) is 3.12. The van der Waals surface area contributed by atoms with Crippen LogP contribution in [-0.4, -0.2) is 65.4 Å². The summed E-state index contributed by atoms with van der Waals surface area (Å²) < 4.78 is 0. The van der Waals surface area contributed by atoms with Gasteiger partial charge in [-0.05, 0) is 36.4 Å². The van der Waals surface area contributed by atoms with E-state index in [1.165, 1.54) is 0 Å². The van der Waals surface area contributed by atoms with Crippen molar-refractivity contribution in [3.8, 4) is 5.75 Å². The Morgan fingerprint density at radius 1 is 0.852 bits per heavy atom. The molecule has 0 saturated carbocycles. The van der Waals surface area contributed by atoms with Gasteiger partial charge in [-0.2, -0.15) is 0 Å². The van der Waals surface area contributed by atoms with Gasteiger partial charge in [-0.3, -0.25) is 19.3 Å². The molecule has 0 atom stereocenters. The van der Waals surface area contributed by atoms with Gasteiger partial charge in [-0.1, -0.05) is 12.1 Å². The van der Waals surface area contributed by atoms with Crippen LogP contribution in [0.25, 0.3) is 0 Å². The van der Waals surface area contributed by atoms with E-state index in [9.17, 15) is 19.5 Å². The fraction of sp³-hybridized carbons (Fsp3) is 0.250. The van der Waals surface area contributed by atoms with Gasteiger partial charge in [-0.15, -0.1) is 0 Å². The normalized spacial score (nSPS) is 16.7. The van der Waals surface area contributed by atoms with Gasteiger partial charge >= 0.3 is 0 Å². The molecule has 4 rings (SSSR count). The number of imide groups is 1. The second kappa shape index (κ2) is 6.75. The highest BCUT2D eigenvalue weighted by molar-refractivity contribution is 6.22. The van der Waals surface area contributed by atoms with Gasteiger partial charge in [0, 0.05) is 31.9 Å². The molecule has 138 valence electrons. The van der Waals surface area contributed by atoms with E-state index < -0.39 is 11.8 Å². The third-order valence-corrected chi connectivity index (χ3v) is 5.02. The van der Waals surface area contributed by atoms with Gasteiger partial charge in [0.2, 0.25) is 5.91 Å². The van der Waals surface area contributed by atoms with Gasteiger partial charge in [0.25, 0.3) is 11.8 Å². The number of anilines is 1. The number of rotatable bonds is 3. The molecule has 2 aliphatic rings. The van der Waals surface area contributed by atoms with E-state index >= 15 is 0 Å². The van der Waals surface area contributed by atoms with Crippen molar-refractivity contribution in [3.63, 3.8) is 0 Å². The Morgan fingerprint density at radius 2 is 1.41 bits per heavy atom. The molecule has 2 heterocycles. The first-order valence-electron chi connectivity index (χ1n) is 8.81. The van der Waals surface area contributed by atoms with Crippen LogP contribution in [0.3, 0.4) is 0 Å². The lowest BCUT2D eigenvalue weighted by atomic mass is 10.1. The molecule has 0 aliphatic carbocycles. The number of piperazine rings is 1. The van der Waals surface area contributed by atoms with Gasteiger partial charge in [0.15, 0.2) is 0 Å². The monoisotopic (exact) mass is 365 g/mol. The lowest BCUT2D eigenvalue weighted by Gasteiger charge is -2.36. The summed E-state index contributed by atoms with van der Waals surface area (Å²) in [5, 5.41) is 9.38. The molecule has 1 fully saturated rings. The maximum atomic E-state index is 12.6. The number of nitrogens with zero attached hydrogens (tertiary/aromatic N) is 3. The Hall–Kier alpha value is -3.35. The minimum atomic E-state index is -0.410. The number of phenols is 1. The number of fused-ring (bicyclic) bond motifs is 1. The van der Waals surface area contributed by atoms with Crippen LogP contribution in [0.2, 0.25) is 0 Å². The summed E-state index contributed by atoms with van der Waals surface area (Å²) in [5.41, 5.74) is 1.69. The van der Waals surface area contributed by atoms with E-state index in [0.717, 1.165) is 10.6 Å². The first-order chi connectivity index (χ1) is 13.0. The molecule has 0 bridgehead atoms. The van der Waals surface area contributed by atoms with E-state index in [4.69, 9.17) is 0 Å². The van der Waals surface area contributed by atoms with Gasteiger partial charge in [0.05, 0.1) is 11.1 Å². The fourth-order valence-corrected chi connectivity index (χ4v) is 3.50. The molecular formula is C20H19N3O4. The molecule has 0 spiro atoms. The smallest absolute Gasteiger partial charge is 0.262 e.